The molecule has 1 N–H and O–H groups in total. The molecule has 5 nitrogen and oxygen atoms in total. The van der Waals surface area contributed by atoms with Gasteiger partial charge in [0.15, 0.2) is 0 Å². The Morgan fingerprint density at radius 1 is 0.818 bits per heavy atom. The highest BCUT2D eigenvalue weighted by molar-refractivity contribution is 5.74. The number of benzene rings is 4. The summed E-state index contributed by atoms with van der Waals surface area (Å²) in [5.74, 6) is 0.638. The third-order valence-corrected chi connectivity index (χ3v) is 5.87. The summed E-state index contributed by atoms with van der Waals surface area (Å²) in [5.41, 5.74) is 3.12. The standard InChI is InChI=1S/C28H25N3O2/c1-21-16-18-23(19-17-21)27(32)28(20-22-10-4-2-5-11-22,33-24-12-6-3-7-13-24)31-26-15-9-8-14-25(26)29-30-31/h2-19,27,32H,20H2,1H3. The molecule has 0 fully saturated rings. The van der Waals surface area contributed by atoms with E-state index in [0.717, 1.165) is 27.7 Å². The van der Waals surface area contributed by atoms with E-state index in [9.17, 15) is 5.11 Å². The van der Waals surface area contributed by atoms with Crippen LogP contribution in [0.4, 0.5) is 0 Å². The van der Waals surface area contributed by atoms with Crippen molar-refractivity contribution in [2.45, 2.75) is 25.2 Å². The minimum Gasteiger partial charge on any atom is -0.463 e. The van der Waals surface area contributed by atoms with Crippen molar-refractivity contribution >= 4 is 11.0 Å². The Kier molecular flexibility index (Phi) is 5.63. The summed E-state index contributed by atoms with van der Waals surface area (Å²) in [6.07, 6.45) is -0.644. The van der Waals surface area contributed by atoms with Gasteiger partial charge in [-0.3, -0.25) is 0 Å². The molecular weight excluding hydrogens is 410 g/mol. The summed E-state index contributed by atoms with van der Waals surface area (Å²) in [5, 5.41) is 20.8. The molecule has 0 aliphatic rings. The van der Waals surface area contributed by atoms with E-state index in [2.05, 4.69) is 10.3 Å². The quantitative estimate of drug-likeness (QED) is 0.369. The number of ether oxygens (including phenoxy) is 1. The lowest BCUT2D eigenvalue weighted by molar-refractivity contribution is -0.122. The first-order valence-electron chi connectivity index (χ1n) is 11.0. The molecule has 0 saturated carbocycles. The van der Waals surface area contributed by atoms with Gasteiger partial charge in [0.05, 0.1) is 5.52 Å². The maximum atomic E-state index is 12.0. The van der Waals surface area contributed by atoms with Crippen molar-refractivity contribution in [1.82, 2.24) is 15.0 Å². The highest BCUT2D eigenvalue weighted by atomic mass is 16.5. The summed E-state index contributed by atoms with van der Waals surface area (Å²) in [7, 11) is 0. The zero-order valence-corrected chi connectivity index (χ0v) is 18.4. The molecule has 0 aliphatic carbocycles. The second-order valence-corrected chi connectivity index (χ2v) is 8.23. The zero-order valence-electron chi connectivity index (χ0n) is 18.4. The van der Waals surface area contributed by atoms with Gasteiger partial charge in [0, 0.05) is 6.42 Å². The van der Waals surface area contributed by atoms with Gasteiger partial charge in [-0.25, -0.2) is 0 Å². The van der Waals surface area contributed by atoms with Crippen LogP contribution < -0.4 is 4.74 Å². The van der Waals surface area contributed by atoms with Crippen LogP contribution in [0.25, 0.3) is 11.0 Å². The molecule has 0 amide bonds. The topological polar surface area (TPSA) is 60.2 Å². The van der Waals surface area contributed by atoms with Gasteiger partial charge in [0.1, 0.15) is 17.4 Å². The Balaban J connectivity index is 1.75. The number of para-hydroxylation sites is 2. The second kappa shape index (κ2) is 8.88. The van der Waals surface area contributed by atoms with E-state index in [1.165, 1.54) is 0 Å². The van der Waals surface area contributed by atoms with E-state index in [-0.39, 0.29) is 0 Å². The van der Waals surface area contributed by atoms with E-state index < -0.39 is 11.8 Å². The van der Waals surface area contributed by atoms with Crippen molar-refractivity contribution < 1.29 is 9.84 Å². The Bertz CT molecular complexity index is 1290. The third-order valence-electron chi connectivity index (χ3n) is 5.87. The SMILES string of the molecule is Cc1ccc(C(O)C(Cc2ccccc2)(Oc2ccccc2)n2nnc3ccccc32)cc1. The molecule has 0 saturated heterocycles. The highest BCUT2D eigenvalue weighted by Gasteiger charge is 2.46. The van der Waals surface area contributed by atoms with Crippen molar-refractivity contribution in [2.75, 3.05) is 0 Å². The normalized spacial score (nSPS) is 14.0. The first-order valence-corrected chi connectivity index (χ1v) is 11.0. The van der Waals surface area contributed by atoms with Gasteiger partial charge in [0.2, 0.25) is 5.72 Å². The average Bonchev–Trinajstić information content (AvgIpc) is 3.30. The van der Waals surface area contributed by atoms with Crippen LogP contribution in [0, 0.1) is 6.92 Å². The van der Waals surface area contributed by atoms with Gasteiger partial charge in [-0.15, -0.1) is 5.10 Å². The number of nitrogens with zero attached hydrogens (tertiary/aromatic N) is 3. The molecule has 1 heterocycles. The number of aliphatic hydroxyl groups excluding tert-OH is 1. The molecule has 0 spiro atoms. The number of rotatable bonds is 7. The number of aliphatic hydroxyl groups is 1. The van der Waals surface area contributed by atoms with E-state index in [4.69, 9.17) is 4.74 Å². The van der Waals surface area contributed by atoms with E-state index in [1.807, 2.05) is 116 Å². The lowest BCUT2D eigenvalue weighted by atomic mass is 9.91. The molecule has 0 radical (unpaired) electrons. The van der Waals surface area contributed by atoms with Crippen molar-refractivity contribution in [2.24, 2.45) is 0 Å². The Hall–Kier alpha value is -3.96. The average molecular weight is 436 g/mol. The fourth-order valence-electron chi connectivity index (χ4n) is 4.16. The van der Waals surface area contributed by atoms with Crippen LogP contribution in [-0.4, -0.2) is 20.1 Å². The maximum Gasteiger partial charge on any atom is 0.237 e. The molecule has 4 aromatic carbocycles. The molecule has 0 bridgehead atoms. The molecule has 1 aromatic heterocycles. The van der Waals surface area contributed by atoms with Crippen LogP contribution in [0.1, 0.15) is 22.8 Å². The molecule has 2 atom stereocenters. The maximum absolute atomic E-state index is 12.0. The summed E-state index contributed by atoms with van der Waals surface area (Å²) in [6, 6.07) is 35.2. The highest BCUT2D eigenvalue weighted by Crippen LogP contribution is 2.39. The van der Waals surface area contributed by atoms with E-state index in [0.29, 0.717) is 12.2 Å². The minimum atomic E-state index is -1.28. The summed E-state index contributed by atoms with van der Waals surface area (Å²) < 4.78 is 8.44. The first-order chi connectivity index (χ1) is 16.2. The van der Waals surface area contributed by atoms with Crippen LogP contribution in [-0.2, 0) is 12.1 Å². The molecule has 5 heteroatoms. The minimum absolute atomic E-state index is 0.380. The zero-order chi connectivity index (χ0) is 22.7. The van der Waals surface area contributed by atoms with Gasteiger partial charge in [-0.05, 0) is 42.3 Å². The van der Waals surface area contributed by atoms with Crippen LogP contribution >= 0.6 is 0 Å². The van der Waals surface area contributed by atoms with Gasteiger partial charge in [-0.1, -0.05) is 95.7 Å². The fourth-order valence-corrected chi connectivity index (χ4v) is 4.16. The largest absolute Gasteiger partial charge is 0.463 e. The van der Waals surface area contributed by atoms with Gasteiger partial charge < -0.3 is 9.84 Å². The fraction of sp³-hybridized carbons (Fsp3) is 0.143. The first kappa shape index (κ1) is 20.9. The molecule has 5 aromatic rings. The van der Waals surface area contributed by atoms with Gasteiger partial charge >= 0.3 is 0 Å². The number of hydrogen-bond acceptors (Lipinski definition) is 4. The van der Waals surface area contributed by atoms with Gasteiger partial charge in [0.25, 0.3) is 0 Å². The van der Waals surface area contributed by atoms with Crippen molar-refractivity contribution in [1.29, 1.82) is 0 Å². The number of fused-ring (bicyclic) bond motifs is 1. The monoisotopic (exact) mass is 435 g/mol. The van der Waals surface area contributed by atoms with Gasteiger partial charge in [-0.2, -0.15) is 4.68 Å². The predicted octanol–water partition coefficient (Wildman–Crippen LogP) is 5.45. The smallest absolute Gasteiger partial charge is 0.237 e. The molecule has 0 aliphatic heterocycles. The molecule has 5 rings (SSSR count). The predicted molar refractivity (Wildman–Crippen MR) is 129 cm³/mol. The number of aromatic nitrogens is 3. The van der Waals surface area contributed by atoms with Crippen molar-refractivity contribution in [3.05, 3.63) is 126 Å². The van der Waals surface area contributed by atoms with Crippen LogP contribution in [0.5, 0.6) is 5.75 Å². The van der Waals surface area contributed by atoms with Crippen molar-refractivity contribution in [3.63, 3.8) is 0 Å². The van der Waals surface area contributed by atoms with Crippen LogP contribution in [0.15, 0.2) is 109 Å². The van der Waals surface area contributed by atoms with Crippen LogP contribution in [0.2, 0.25) is 0 Å². The Morgan fingerprint density at radius 3 is 2.18 bits per heavy atom. The molecule has 164 valence electrons. The number of hydrogen-bond donors (Lipinski definition) is 1. The molecule has 2 unspecified atom stereocenters. The Labute approximate surface area is 192 Å². The van der Waals surface area contributed by atoms with E-state index >= 15 is 0 Å². The summed E-state index contributed by atoms with van der Waals surface area (Å²) >= 11 is 0. The summed E-state index contributed by atoms with van der Waals surface area (Å²) in [4.78, 5) is 0. The lowest BCUT2D eigenvalue weighted by Gasteiger charge is -2.39. The van der Waals surface area contributed by atoms with Crippen LogP contribution in [0.3, 0.4) is 0 Å². The van der Waals surface area contributed by atoms with Crippen molar-refractivity contribution in [3.8, 4) is 5.75 Å². The molecular formula is C28H25N3O2. The number of aryl methyl sites for hydroxylation is 1. The van der Waals surface area contributed by atoms with E-state index in [1.54, 1.807) is 4.68 Å². The summed E-state index contributed by atoms with van der Waals surface area (Å²) in [6.45, 7) is 2.03. The third kappa shape index (κ3) is 4.11. The lowest BCUT2D eigenvalue weighted by Crippen LogP contribution is -2.48. The Morgan fingerprint density at radius 2 is 1.45 bits per heavy atom. The second-order valence-electron chi connectivity index (χ2n) is 8.23. The molecule has 33 heavy (non-hydrogen) atoms.